The van der Waals surface area contributed by atoms with Gasteiger partial charge in [-0.3, -0.25) is 9.59 Å². The van der Waals surface area contributed by atoms with E-state index < -0.39 is 29.4 Å². The number of Topliss-reactive ketones (excluding diaryl/α,β-unsaturated/α-hetero) is 2. The first-order valence-electron chi connectivity index (χ1n) is 3.76. The van der Waals surface area contributed by atoms with E-state index in [1.807, 2.05) is 0 Å². The Kier molecular flexibility index (Phi) is 3.85. The van der Waals surface area contributed by atoms with Gasteiger partial charge in [0.25, 0.3) is 0 Å². The summed E-state index contributed by atoms with van der Waals surface area (Å²) in [7, 11) is 0.932. The topological polar surface area (TPSA) is 60.4 Å². The van der Waals surface area contributed by atoms with Crippen molar-refractivity contribution in [2.24, 2.45) is 5.92 Å². The van der Waals surface area contributed by atoms with E-state index in [4.69, 9.17) is 0 Å². The standard InChI is InChI=1S/C8H10F2O4/c1-4(5(11)7(13)14-3)6(12)8(2,9)10/h4H,1-3H3. The van der Waals surface area contributed by atoms with Gasteiger partial charge in [-0.15, -0.1) is 0 Å². The number of carbonyl (C=O) groups is 3. The monoisotopic (exact) mass is 208 g/mol. The molecule has 0 aliphatic carbocycles. The Morgan fingerprint density at radius 2 is 1.71 bits per heavy atom. The number of hydrogen-bond acceptors (Lipinski definition) is 4. The predicted molar refractivity (Wildman–Crippen MR) is 41.8 cm³/mol. The number of ketones is 2. The molecule has 14 heavy (non-hydrogen) atoms. The van der Waals surface area contributed by atoms with Gasteiger partial charge in [0, 0.05) is 6.92 Å². The van der Waals surface area contributed by atoms with Gasteiger partial charge in [0.2, 0.25) is 11.6 Å². The lowest BCUT2D eigenvalue weighted by atomic mass is 9.97. The van der Waals surface area contributed by atoms with Gasteiger partial charge in [-0.2, -0.15) is 8.78 Å². The molecule has 0 radical (unpaired) electrons. The fourth-order valence-corrected chi connectivity index (χ4v) is 0.777. The minimum atomic E-state index is -3.62. The molecular weight excluding hydrogens is 198 g/mol. The Morgan fingerprint density at radius 3 is 2.00 bits per heavy atom. The third-order valence-electron chi connectivity index (χ3n) is 1.61. The van der Waals surface area contributed by atoms with Gasteiger partial charge in [-0.25, -0.2) is 4.79 Å². The zero-order valence-corrected chi connectivity index (χ0v) is 7.97. The third-order valence-corrected chi connectivity index (χ3v) is 1.61. The van der Waals surface area contributed by atoms with Crippen LogP contribution in [0.4, 0.5) is 8.78 Å². The molecule has 0 fully saturated rings. The number of rotatable bonds is 4. The van der Waals surface area contributed by atoms with Crippen LogP contribution in [0.15, 0.2) is 0 Å². The molecule has 4 nitrogen and oxygen atoms in total. The first-order valence-corrected chi connectivity index (χ1v) is 3.76. The number of carbonyl (C=O) groups excluding carboxylic acids is 3. The fourth-order valence-electron chi connectivity index (χ4n) is 0.777. The molecule has 0 bridgehead atoms. The maximum atomic E-state index is 12.4. The maximum Gasteiger partial charge on any atom is 0.375 e. The molecule has 0 saturated heterocycles. The van der Waals surface area contributed by atoms with Crippen molar-refractivity contribution in [2.75, 3.05) is 7.11 Å². The molecule has 0 spiro atoms. The highest BCUT2D eigenvalue weighted by Crippen LogP contribution is 2.19. The van der Waals surface area contributed by atoms with Gasteiger partial charge in [0.15, 0.2) is 0 Å². The Balaban J connectivity index is 4.64. The molecule has 0 aromatic carbocycles. The average molecular weight is 208 g/mol. The summed E-state index contributed by atoms with van der Waals surface area (Å²) in [5.41, 5.74) is 0. The van der Waals surface area contributed by atoms with Gasteiger partial charge < -0.3 is 4.74 Å². The number of methoxy groups -OCH3 is 1. The van der Waals surface area contributed by atoms with Crippen LogP contribution in [0.3, 0.4) is 0 Å². The first-order chi connectivity index (χ1) is 6.21. The van der Waals surface area contributed by atoms with Crippen molar-refractivity contribution in [3.05, 3.63) is 0 Å². The quantitative estimate of drug-likeness (QED) is 0.385. The predicted octanol–water partition coefficient (Wildman–Crippen LogP) is 0.589. The second-order valence-corrected chi connectivity index (χ2v) is 2.83. The second kappa shape index (κ2) is 4.26. The van der Waals surface area contributed by atoms with Crippen molar-refractivity contribution in [1.82, 2.24) is 0 Å². The summed E-state index contributed by atoms with van der Waals surface area (Å²) in [5, 5.41) is 0. The molecule has 0 N–H and O–H groups in total. The number of halogens is 2. The van der Waals surface area contributed by atoms with Gasteiger partial charge in [0.1, 0.15) is 0 Å². The molecule has 0 heterocycles. The van der Waals surface area contributed by atoms with E-state index in [-0.39, 0.29) is 0 Å². The SMILES string of the molecule is COC(=O)C(=O)C(C)C(=O)C(C)(F)F. The van der Waals surface area contributed by atoms with Crippen LogP contribution in [0, 0.1) is 5.92 Å². The van der Waals surface area contributed by atoms with E-state index in [9.17, 15) is 23.2 Å². The van der Waals surface area contributed by atoms with E-state index in [0.29, 0.717) is 6.92 Å². The van der Waals surface area contributed by atoms with Crippen molar-refractivity contribution >= 4 is 17.5 Å². The Labute approximate surface area is 79.2 Å². The van der Waals surface area contributed by atoms with Crippen molar-refractivity contribution in [3.63, 3.8) is 0 Å². The summed E-state index contributed by atoms with van der Waals surface area (Å²) in [6.45, 7) is 1.31. The van der Waals surface area contributed by atoms with Crippen LogP contribution in [0.2, 0.25) is 0 Å². The molecule has 0 aliphatic heterocycles. The smallest absolute Gasteiger partial charge is 0.375 e. The fraction of sp³-hybridized carbons (Fsp3) is 0.625. The van der Waals surface area contributed by atoms with Gasteiger partial charge in [-0.05, 0) is 6.92 Å². The molecule has 0 saturated carbocycles. The number of hydrogen-bond donors (Lipinski definition) is 0. The second-order valence-electron chi connectivity index (χ2n) is 2.83. The zero-order valence-electron chi connectivity index (χ0n) is 7.97. The molecule has 0 aliphatic rings. The van der Waals surface area contributed by atoms with Gasteiger partial charge in [0.05, 0.1) is 13.0 Å². The highest BCUT2D eigenvalue weighted by atomic mass is 19.3. The molecule has 0 aromatic rings. The number of ether oxygens (including phenoxy) is 1. The van der Waals surface area contributed by atoms with Crippen LogP contribution >= 0.6 is 0 Å². The van der Waals surface area contributed by atoms with Crippen LogP contribution in [0.1, 0.15) is 13.8 Å². The number of alkyl halides is 2. The summed E-state index contributed by atoms with van der Waals surface area (Å²) < 4.78 is 28.9. The lowest BCUT2D eigenvalue weighted by molar-refractivity contribution is -0.158. The Morgan fingerprint density at radius 1 is 1.29 bits per heavy atom. The van der Waals surface area contributed by atoms with Gasteiger partial charge in [-0.1, -0.05) is 0 Å². The van der Waals surface area contributed by atoms with Crippen LogP contribution < -0.4 is 0 Å². The minimum absolute atomic E-state index is 0.371. The van der Waals surface area contributed by atoms with Crippen LogP contribution in [-0.2, 0) is 19.1 Å². The van der Waals surface area contributed by atoms with Crippen LogP contribution in [-0.4, -0.2) is 30.6 Å². The average Bonchev–Trinajstić information content (AvgIpc) is 2.11. The summed E-state index contributed by atoms with van der Waals surface area (Å²) in [5.74, 6) is -9.45. The van der Waals surface area contributed by atoms with Crippen molar-refractivity contribution in [3.8, 4) is 0 Å². The van der Waals surface area contributed by atoms with E-state index in [0.717, 1.165) is 14.0 Å². The normalized spacial score (nSPS) is 13.2. The molecular formula is C8H10F2O4. The van der Waals surface area contributed by atoms with Crippen molar-refractivity contribution in [2.45, 2.75) is 19.8 Å². The number of esters is 1. The molecule has 1 unspecified atom stereocenters. The highest BCUT2D eigenvalue weighted by Gasteiger charge is 2.41. The largest absolute Gasteiger partial charge is 0.463 e. The van der Waals surface area contributed by atoms with E-state index in [1.54, 1.807) is 0 Å². The first kappa shape index (κ1) is 12.7. The third kappa shape index (κ3) is 2.86. The van der Waals surface area contributed by atoms with Crippen molar-refractivity contribution in [1.29, 1.82) is 0 Å². The molecule has 0 rings (SSSR count). The summed E-state index contributed by atoms with van der Waals surface area (Å²) in [6, 6.07) is 0. The van der Waals surface area contributed by atoms with Gasteiger partial charge >= 0.3 is 11.9 Å². The van der Waals surface area contributed by atoms with E-state index in [2.05, 4.69) is 4.74 Å². The minimum Gasteiger partial charge on any atom is -0.463 e. The molecule has 80 valence electrons. The molecule has 0 aromatic heterocycles. The van der Waals surface area contributed by atoms with Crippen LogP contribution in [0.25, 0.3) is 0 Å². The van der Waals surface area contributed by atoms with Crippen LogP contribution in [0.5, 0.6) is 0 Å². The Bertz CT molecular complexity index is 267. The Hall–Kier alpha value is -1.33. The van der Waals surface area contributed by atoms with Crippen molar-refractivity contribution < 1.29 is 27.9 Å². The van der Waals surface area contributed by atoms with E-state index in [1.165, 1.54) is 0 Å². The summed E-state index contributed by atoms with van der Waals surface area (Å²) in [6.07, 6.45) is 0. The van der Waals surface area contributed by atoms with E-state index >= 15 is 0 Å². The molecule has 0 amide bonds. The lowest BCUT2D eigenvalue weighted by Gasteiger charge is -2.12. The summed E-state index contributed by atoms with van der Waals surface area (Å²) in [4.78, 5) is 32.4. The highest BCUT2D eigenvalue weighted by molar-refractivity contribution is 6.38. The molecule has 6 heteroatoms. The zero-order chi connectivity index (χ0) is 11.5. The maximum absolute atomic E-state index is 12.4. The lowest BCUT2D eigenvalue weighted by Crippen LogP contribution is -2.37. The molecule has 1 atom stereocenters. The summed E-state index contributed by atoms with van der Waals surface area (Å²) >= 11 is 0.